The lowest BCUT2D eigenvalue weighted by Crippen LogP contribution is -2.51. The number of likely N-dealkylation sites (tertiary alicyclic amines) is 1. The maximum Gasteiger partial charge on any atom is 0.0594 e. The highest BCUT2D eigenvalue weighted by molar-refractivity contribution is 5.08. The molecule has 0 amide bonds. The number of nitrogens with zero attached hydrogens (tertiary/aromatic N) is 3. The van der Waals surface area contributed by atoms with E-state index in [2.05, 4.69) is 20.9 Å². The summed E-state index contributed by atoms with van der Waals surface area (Å²) in [6.07, 6.45) is 6.47. The van der Waals surface area contributed by atoms with Gasteiger partial charge in [-0.2, -0.15) is 0 Å². The summed E-state index contributed by atoms with van der Waals surface area (Å²) in [6.45, 7) is 7.45. The molecule has 3 heterocycles. The normalized spacial score (nSPS) is 26.4. The summed E-state index contributed by atoms with van der Waals surface area (Å²) in [5.74, 6) is 0. The Morgan fingerprint density at radius 2 is 2.16 bits per heavy atom. The fourth-order valence-corrected chi connectivity index (χ4v) is 3.17. The lowest BCUT2D eigenvalue weighted by atomic mass is 10.0. The van der Waals surface area contributed by atoms with E-state index in [1.54, 1.807) is 0 Å². The van der Waals surface area contributed by atoms with Crippen LogP contribution < -0.4 is 0 Å². The van der Waals surface area contributed by atoms with Gasteiger partial charge in [-0.05, 0) is 31.0 Å². The van der Waals surface area contributed by atoms with Crippen LogP contribution in [0.25, 0.3) is 0 Å². The number of pyridine rings is 1. The average Bonchev–Trinajstić information content (AvgIpc) is 2.49. The summed E-state index contributed by atoms with van der Waals surface area (Å²) in [7, 11) is 0. The van der Waals surface area contributed by atoms with E-state index in [0.717, 1.165) is 32.8 Å². The van der Waals surface area contributed by atoms with Crippen molar-refractivity contribution < 1.29 is 4.74 Å². The molecule has 1 unspecified atom stereocenters. The molecular formula is C15H23N3O. The maximum absolute atomic E-state index is 5.45. The molecule has 0 saturated carbocycles. The summed E-state index contributed by atoms with van der Waals surface area (Å²) in [4.78, 5) is 9.39. The third-order valence-electron chi connectivity index (χ3n) is 4.17. The van der Waals surface area contributed by atoms with Crippen LogP contribution in [0, 0.1) is 0 Å². The lowest BCUT2D eigenvalue weighted by Gasteiger charge is -2.40. The average molecular weight is 261 g/mol. The molecule has 0 spiro atoms. The topological polar surface area (TPSA) is 28.6 Å². The Labute approximate surface area is 115 Å². The molecule has 2 aliphatic heterocycles. The summed E-state index contributed by atoms with van der Waals surface area (Å²) in [5, 5.41) is 0. The quantitative estimate of drug-likeness (QED) is 0.822. The maximum atomic E-state index is 5.45. The Morgan fingerprint density at radius 3 is 2.95 bits per heavy atom. The Bertz CT molecular complexity index is 378. The number of rotatable bonds is 3. The smallest absolute Gasteiger partial charge is 0.0594 e. The predicted octanol–water partition coefficient (Wildman–Crippen LogP) is 1.38. The third-order valence-corrected chi connectivity index (χ3v) is 4.17. The van der Waals surface area contributed by atoms with Crippen LogP contribution in [0.3, 0.4) is 0 Å². The zero-order valence-corrected chi connectivity index (χ0v) is 11.5. The van der Waals surface area contributed by atoms with Crippen molar-refractivity contribution in [2.24, 2.45) is 0 Å². The van der Waals surface area contributed by atoms with Crippen LogP contribution in [0.1, 0.15) is 18.4 Å². The van der Waals surface area contributed by atoms with Crippen molar-refractivity contribution in [3.05, 3.63) is 30.1 Å². The Balaban J connectivity index is 1.55. The minimum atomic E-state index is 0.717. The fraction of sp³-hybridized carbons (Fsp3) is 0.667. The molecular weight excluding hydrogens is 238 g/mol. The van der Waals surface area contributed by atoms with Crippen molar-refractivity contribution in [1.82, 2.24) is 14.8 Å². The van der Waals surface area contributed by atoms with Crippen LogP contribution >= 0.6 is 0 Å². The first kappa shape index (κ1) is 13.0. The van der Waals surface area contributed by atoms with Gasteiger partial charge in [0.15, 0.2) is 0 Å². The monoisotopic (exact) mass is 261 g/mol. The van der Waals surface area contributed by atoms with E-state index < -0.39 is 0 Å². The van der Waals surface area contributed by atoms with Crippen LogP contribution in [0.2, 0.25) is 0 Å². The van der Waals surface area contributed by atoms with Crippen molar-refractivity contribution in [3.63, 3.8) is 0 Å². The van der Waals surface area contributed by atoms with E-state index in [1.165, 1.54) is 31.5 Å². The van der Waals surface area contributed by atoms with E-state index in [0.29, 0.717) is 6.04 Å². The van der Waals surface area contributed by atoms with Crippen LogP contribution in [0.5, 0.6) is 0 Å². The number of piperidine rings is 1. The van der Waals surface area contributed by atoms with Crippen LogP contribution in [-0.4, -0.2) is 60.2 Å². The molecule has 4 heteroatoms. The highest BCUT2D eigenvalue weighted by Gasteiger charge is 2.26. The van der Waals surface area contributed by atoms with Crippen LogP contribution in [0.4, 0.5) is 0 Å². The molecule has 0 N–H and O–H groups in total. The molecule has 0 bridgehead atoms. The minimum Gasteiger partial charge on any atom is -0.379 e. The predicted molar refractivity (Wildman–Crippen MR) is 74.9 cm³/mol. The summed E-state index contributed by atoms with van der Waals surface area (Å²) in [6, 6.07) is 4.92. The van der Waals surface area contributed by atoms with E-state index in [9.17, 15) is 0 Å². The summed E-state index contributed by atoms with van der Waals surface area (Å²) in [5.41, 5.74) is 1.32. The van der Waals surface area contributed by atoms with Crippen molar-refractivity contribution in [1.29, 1.82) is 0 Å². The lowest BCUT2D eigenvalue weighted by molar-refractivity contribution is -0.00359. The number of morpholine rings is 1. The van der Waals surface area contributed by atoms with E-state index >= 15 is 0 Å². The molecule has 0 aliphatic carbocycles. The Kier molecular flexibility index (Phi) is 4.43. The number of hydrogen-bond acceptors (Lipinski definition) is 4. The molecule has 0 radical (unpaired) electrons. The number of aromatic nitrogens is 1. The summed E-state index contributed by atoms with van der Waals surface area (Å²) < 4.78 is 5.45. The van der Waals surface area contributed by atoms with Gasteiger partial charge in [0.05, 0.1) is 13.2 Å². The molecule has 1 aromatic heterocycles. The van der Waals surface area contributed by atoms with Crippen molar-refractivity contribution >= 4 is 0 Å². The van der Waals surface area contributed by atoms with Gasteiger partial charge in [-0.1, -0.05) is 6.07 Å². The molecule has 104 valence electrons. The standard InChI is InChI=1S/C15H23N3O/c1-3-14(11-16-5-1)12-17-6-2-4-15(13-17)18-7-9-19-10-8-18/h1,3,5,11,15H,2,4,6-10,12-13H2. The van der Waals surface area contributed by atoms with Gasteiger partial charge in [0.25, 0.3) is 0 Å². The highest BCUT2D eigenvalue weighted by atomic mass is 16.5. The SMILES string of the molecule is c1cncc(CN2CCCC(N3CCOCC3)C2)c1. The van der Waals surface area contributed by atoms with Gasteiger partial charge in [-0.25, -0.2) is 0 Å². The van der Waals surface area contributed by atoms with Gasteiger partial charge in [0, 0.05) is 44.6 Å². The first-order valence-electron chi connectivity index (χ1n) is 7.35. The molecule has 1 aromatic rings. The largest absolute Gasteiger partial charge is 0.379 e. The molecule has 2 aliphatic rings. The zero-order valence-electron chi connectivity index (χ0n) is 11.5. The second-order valence-electron chi connectivity index (χ2n) is 5.54. The van der Waals surface area contributed by atoms with Crippen molar-refractivity contribution in [3.8, 4) is 0 Å². The van der Waals surface area contributed by atoms with Gasteiger partial charge in [-0.15, -0.1) is 0 Å². The molecule has 2 saturated heterocycles. The first-order valence-corrected chi connectivity index (χ1v) is 7.35. The highest BCUT2D eigenvalue weighted by Crippen LogP contribution is 2.18. The Morgan fingerprint density at radius 1 is 1.26 bits per heavy atom. The molecule has 4 nitrogen and oxygen atoms in total. The van der Waals surface area contributed by atoms with Gasteiger partial charge < -0.3 is 4.74 Å². The van der Waals surface area contributed by atoms with Crippen molar-refractivity contribution in [2.45, 2.75) is 25.4 Å². The van der Waals surface area contributed by atoms with Gasteiger partial charge in [0.2, 0.25) is 0 Å². The second kappa shape index (κ2) is 6.46. The van der Waals surface area contributed by atoms with Crippen LogP contribution in [-0.2, 0) is 11.3 Å². The minimum absolute atomic E-state index is 0.717. The Hall–Kier alpha value is -0.970. The van der Waals surface area contributed by atoms with E-state index in [1.807, 2.05) is 18.5 Å². The van der Waals surface area contributed by atoms with E-state index in [-0.39, 0.29) is 0 Å². The molecule has 0 aromatic carbocycles. The van der Waals surface area contributed by atoms with Crippen LogP contribution in [0.15, 0.2) is 24.5 Å². The van der Waals surface area contributed by atoms with Crippen molar-refractivity contribution in [2.75, 3.05) is 39.4 Å². The van der Waals surface area contributed by atoms with Gasteiger partial charge >= 0.3 is 0 Å². The second-order valence-corrected chi connectivity index (χ2v) is 5.54. The molecule has 1 atom stereocenters. The van der Waals surface area contributed by atoms with Gasteiger partial charge in [-0.3, -0.25) is 14.8 Å². The molecule has 3 rings (SSSR count). The number of hydrogen-bond donors (Lipinski definition) is 0. The summed E-state index contributed by atoms with van der Waals surface area (Å²) >= 11 is 0. The number of ether oxygens (including phenoxy) is 1. The van der Waals surface area contributed by atoms with Gasteiger partial charge in [0.1, 0.15) is 0 Å². The fourth-order valence-electron chi connectivity index (χ4n) is 3.17. The molecule has 2 fully saturated rings. The third kappa shape index (κ3) is 3.53. The zero-order chi connectivity index (χ0) is 12.9. The first-order chi connectivity index (χ1) is 9.42. The molecule has 19 heavy (non-hydrogen) atoms. The van der Waals surface area contributed by atoms with E-state index in [4.69, 9.17) is 4.74 Å².